The summed E-state index contributed by atoms with van der Waals surface area (Å²) in [6.07, 6.45) is 0.453. The van der Waals surface area contributed by atoms with Gasteiger partial charge in [-0.05, 0) is 43.5 Å². The van der Waals surface area contributed by atoms with E-state index in [-0.39, 0.29) is 12.2 Å². The molecule has 0 bridgehead atoms. The molecular formula is C16H23NO2. The molecule has 0 aromatic heterocycles. The molecule has 0 aliphatic carbocycles. The average Bonchev–Trinajstić information content (AvgIpc) is 2.72. The minimum absolute atomic E-state index is 0.181. The Morgan fingerprint density at radius 3 is 2.74 bits per heavy atom. The Balaban J connectivity index is 2.06. The number of aryl methyl sites for hydroxylation is 1. The molecule has 0 radical (unpaired) electrons. The minimum Gasteiger partial charge on any atom is -0.490 e. The molecule has 3 nitrogen and oxygen atoms in total. The summed E-state index contributed by atoms with van der Waals surface area (Å²) >= 11 is 0. The molecule has 19 heavy (non-hydrogen) atoms. The van der Waals surface area contributed by atoms with Gasteiger partial charge in [0, 0.05) is 24.6 Å². The number of fused-ring (bicyclic) bond motifs is 1. The Hall–Kier alpha value is -1.06. The summed E-state index contributed by atoms with van der Waals surface area (Å²) in [5, 5.41) is 3.41. The monoisotopic (exact) mass is 261 g/mol. The molecule has 2 aliphatic heterocycles. The van der Waals surface area contributed by atoms with Crippen LogP contribution in [0.2, 0.25) is 0 Å². The van der Waals surface area contributed by atoms with Crippen molar-refractivity contribution in [2.45, 2.75) is 45.8 Å². The summed E-state index contributed by atoms with van der Waals surface area (Å²) < 4.78 is 11.9. The van der Waals surface area contributed by atoms with Crippen LogP contribution >= 0.6 is 0 Å². The molecule has 0 spiro atoms. The number of morpholine rings is 1. The van der Waals surface area contributed by atoms with Crippen molar-refractivity contribution >= 4 is 0 Å². The SMILES string of the molecule is Cc1cc(C2CNCCO2)c(C)c2c1OC(C)C2C. The van der Waals surface area contributed by atoms with Gasteiger partial charge in [-0.1, -0.05) is 6.92 Å². The number of hydrogen-bond acceptors (Lipinski definition) is 3. The van der Waals surface area contributed by atoms with E-state index in [0.29, 0.717) is 5.92 Å². The van der Waals surface area contributed by atoms with Crippen LogP contribution in [0.1, 0.15) is 48.1 Å². The Morgan fingerprint density at radius 2 is 2.05 bits per heavy atom. The zero-order valence-corrected chi connectivity index (χ0v) is 12.2. The molecule has 1 N–H and O–H groups in total. The van der Waals surface area contributed by atoms with Gasteiger partial charge in [0.15, 0.2) is 0 Å². The highest BCUT2D eigenvalue weighted by Gasteiger charge is 2.33. The third kappa shape index (κ3) is 2.05. The van der Waals surface area contributed by atoms with E-state index in [2.05, 4.69) is 39.1 Å². The summed E-state index contributed by atoms with van der Waals surface area (Å²) in [5.74, 6) is 1.57. The first-order valence-electron chi connectivity index (χ1n) is 7.22. The predicted molar refractivity (Wildman–Crippen MR) is 76.0 cm³/mol. The van der Waals surface area contributed by atoms with E-state index in [0.717, 1.165) is 25.4 Å². The van der Waals surface area contributed by atoms with Gasteiger partial charge in [-0.3, -0.25) is 0 Å². The van der Waals surface area contributed by atoms with Crippen LogP contribution in [0.15, 0.2) is 6.07 Å². The summed E-state index contributed by atoms with van der Waals surface area (Å²) in [5.41, 5.74) is 5.30. The van der Waals surface area contributed by atoms with Crippen molar-refractivity contribution in [3.63, 3.8) is 0 Å². The summed E-state index contributed by atoms with van der Waals surface area (Å²) in [7, 11) is 0. The van der Waals surface area contributed by atoms with E-state index in [1.807, 2.05) is 0 Å². The van der Waals surface area contributed by atoms with Crippen molar-refractivity contribution in [3.8, 4) is 5.75 Å². The number of benzene rings is 1. The van der Waals surface area contributed by atoms with E-state index in [9.17, 15) is 0 Å². The maximum Gasteiger partial charge on any atom is 0.126 e. The van der Waals surface area contributed by atoms with E-state index in [1.165, 1.54) is 22.3 Å². The largest absolute Gasteiger partial charge is 0.490 e. The van der Waals surface area contributed by atoms with Gasteiger partial charge in [0.05, 0.1) is 12.7 Å². The van der Waals surface area contributed by atoms with E-state index in [1.54, 1.807) is 0 Å². The van der Waals surface area contributed by atoms with Crippen molar-refractivity contribution in [3.05, 3.63) is 28.3 Å². The quantitative estimate of drug-likeness (QED) is 0.843. The lowest BCUT2D eigenvalue weighted by atomic mass is 9.88. The smallest absolute Gasteiger partial charge is 0.126 e. The van der Waals surface area contributed by atoms with Gasteiger partial charge in [-0.15, -0.1) is 0 Å². The fourth-order valence-corrected chi connectivity index (χ4v) is 3.27. The molecule has 2 heterocycles. The highest BCUT2D eigenvalue weighted by atomic mass is 16.5. The fourth-order valence-electron chi connectivity index (χ4n) is 3.27. The lowest BCUT2D eigenvalue weighted by Crippen LogP contribution is -2.33. The summed E-state index contributed by atoms with van der Waals surface area (Å²) in [6, 6.07) is 2.25. The first kappa shape index (κ1) is 12.9. The molecule has 1 aromatic rings. The number of hydrogen-bond donors (Lipinski definition) is 1. The molecule has 1 saturated heterocycles. The van der Waals surface area contributed by atoms with E-state index >= 15 is 0 Å². The van der Waals surface area contributed by atoms with Crippen LogP contribution in [-0.4, -0.2) is 25.8 Å². The molecule has 3 heteroatoms. The lowest BCUT2D eigenvalue weighted by molar-refractivity contribution is 0.0272. The third-order valence-electron chi connectivity index (χ3n) is 4.55. The third-order valence-corrected chi connectivity index (χ3v) is 4.55. The van der Waals surface area contributed by atoms with Gasteiger partial charge in [-0.25, -0.2) is 0 Å². The molecule has 1 fully saturated rings. The predicted octanol–water partition coefficient (Wildman–Crippen LogP) is 2.85. The van der Waals surface area contributed by atoms with Gasteiger partial charge >= 0.3 is 0 Å². The molecular weight excluding hydrogens is 238 g/mol. The second-order valence-electron chi connectivity index (χ2n) is 5.83. The van der Waals surface area contributed by atoms with Crippen molar-refractivity contribution in [1.29, 1.82) is 0 Å². The van der Waals surface area contributed by atoms with Gasteiger partial charge in [0.1, 0.15) is 11.9 Å². The van der Waals surface area contributed by atoms with Crippen LogP contribution in [0.4, 0.5) is 0 Å². The van der Waals surface area contributed by atoms with E-state index in [4.69, 9.17) is 9.47 Å². The topological polar surface area (TPSA) is 30.5 Å². The molecule has 104 valence electrons. The molecule has 2 aliphatic rings. The molecule has 0 saturated carbocycles. The van der Waals surface area contributed by atoms with Crippen LogP contribution < -0.4 is 10.1 Å². The van der Waals surface area contributed by atoms with Gasteiger partial charge in [0.2, 0.25) is 0 Å². The molecule has 1 aromatic carbocycles. The molecule has 0 amide bonds. The Morgan fingerprint density at radius 1 is 1.26 bits per heavy atom. The zero-order valence-electron chi connectivity index (χ0n) is 12.2. The van der Waals surface area contributed by atoms with Crippen molar-refractivity contribution < 1.29 is 9.47 Å². The van der Waals surface area contributed by atoms with Crippen molar-refractivity contribution in [2.75, 3.05) is 19.7 Å². The number of rotatable bonds is 1. The van der Waals surface area contributed by atoms with Crippen molar-refractivity contribution in [1.82, 2.24) is 5.32 Å². The van der Waals surface area contributed by atoms with E-state index < -0.39 is 0 Å². The zero-order chi connectivity index (χ0) is 13.6. The highest BCUT2D eigenvalue weighted by molar-refractivity contribution is 5.54. The molecule has 3 unspecified atom stereocenters. The maximum absolute atomic E-state index is 6.02. The normalized spacial score (nSPS) is 30.0. The van der Waals surface area contributed by atoms with Crippen LogP contribution in [-0.2, 0) is 4.74 Å². The second kappa shape index (κ2) is 4.80. The summed E-state index contributed by atoms with van der Waals surface area (Å²) in [6.45, 7) is 11.4. The average molecular weight is 261 g/mol. The van der Waals surface area contributed by atoms with Gasteiger partial charge in [0.25, 0.3) is 0 Å². The van der Waals surface area contributed by atoms with Gasteiger partial charge < -0.3 is 14.8 Å². The highest BCUT2D eigenvalue weighted by Crippen LogP contribution is 2.44. The standard InChI is InChI=1S/C16H23NO2/c1-9-7-13(14-8-17-5-6-18-14)11(3)15-10(2)12(4)19-16(9)15/h7,10,12,14,17H,5-6,8H2,1-4H3. The van der Waals surface area contributed by atoms with Crippen molar-refractivity contribution in [2.24, 2.45) is 0 Å². The first-order valence-corrected chi connectivity index (χ1v) is 7.22. The molecule has 3 rings (SSSR count). The minimum atomic E-state index is 0.181. The van der Waals surface area contributed by atoms with Crippen LogP contribution in [0.5, 0.6) is 5.75 Å². The second-order valence-corrected chi connectivity index (χ2v) is 5.83. The van der Waals surface area contributed by atoms with Crippen LogP contribution in [0, 0.1) is 13.8 Å². The van der Waals surface area contributed by atoms with Crippen LogP contribution in [0.3, 0.4) is 0 Å². The molecule has 3 atom stereocenters. The lowest BCUT2D eigenvalue weighted by Gasteiger charge is -2.27. The maximum atomic E-state index is 6.02. The van der Waals surface area contributed by atoms with Crippen LogP contribution in [0.25, 0.3) is 0 Å². The Bertz CT molecular complexity index is 492. The Labute approximate surface area is 115 Å². The Kier molecular flexibility index (Phi) is 3.27. The fraction of sp³-hybridized carbons (Fsp3) is 0.625. The van der Waals surface area contributed by atoms with Gasteiger partial charge in [-0.2, -0.15) is 0 Å². The summed E-state index contributed by atoms with van der Waals surface area (Å²) in [4.78, 5) is 0. The first-order chi connectivity index (χ1) is 9.09. The number of nitrogens with one attached hydrogen (secondary N) is 1. The number of ether oxygens (including phenoxy) is 2.